The zero-order chi connectivity index (χ0) is 15.9. The molecule has 0 heterocycles. The molecule has 5 heteroatoms. The lowest BCUT2D eigenvalue weighted by molar-refractivity contribution is 0.0953. The second kappa shape index (κ2) is 8.20. The summed E-state index contributed by atoms with van der Waals surface area (Å²) in [6.07, 6.45) is 1.76. The van der Waals surface area contributed by atoms with Crippen molar-refractivity contribution < 1.29 is 9.53 Å². The van der Waals surface area contributed by atoms with Gasteiger partial charge in [-0.15, -0.1) is 0 Å². The van der Waals surface area contributed by atoms with E-state index in [2.05, 4.69) is 21.2 Å². The van der Waals surface area contributed by atoms with Gasteiger partial charge in [0.2, 0.25) is 0 Å². The van der Waals surface area contributed by atoms with Gasteiger partial charge in [-0.2, -0.15) is 0 Å². The van der Waals surface area contributed by atoms with Gasteiger partial charge in [-0.3, -0.25) is 4.79 Å². The smallest absolute Gasteiger partial charge is 0.252 e. The van der Waals surface area contributed by atoms with Crippen molar-refractivity contribution in [1.82, 2.24) is 5.32 Å². The molecule has 0 spiro atoms. The van der Waals surface area contributed by atoms with Gasteiger partial charge in [0, 0.05) is 11.0 Å². The number of nitrogens with one attached hydrogen (secondary N) is 1. The van der Waals surface area contributed by atoms with Gasteiger partial charge >= 0.3 is 0 Å². The molecule has 0 saturated carbocycles. The van der Waals surface area contributed by atoms with Crippen molar-refractivity contribution in [2.24, 2.45) is 0 Å². The molecule has 0 saturated heterocycles. The van der Waals surface area contributed by atoms with E-state index in [1.807, 2.05) is 30.3 Å². The standard InChI is InChI=1S/C17H17BrClNO2/c1-22-14-7-4-12(5-8-14)3-2-10-20-17(21)15-11-13(18)6-9-16(15)19/h4-9,11H,2-3,10H2,1H3,(H,20,21). The molecule has 1 N–H and O–H groups in total. The molecule has 22 heavy (non-hydrogen) atoms. The van der Waals surface area contributed by atoms with Gasteiger partial charge in [-0.1, -0.05) is 39.7 Å². The van der Waals surface area contributed by atoms with Crippen molar-refractivity contribution in [1.29, 1.82) is 0 Å². The van der Waals surface area contributed by atoms with E-state index in [1.165, 1.54) is 5.56 Å². The molecule has 0 bridgehead atoms. The number of hydrogen-bond acceptors (Lipinski definition) is 2. The average Bonchev–Trinajstić information content (AvgIpc) is 2.54. The van der Waals surface area contributed by atoms with Crippen LogP contribution in [0.25, 0.3) is 0 Å². The molecule has 0 fully saturated rings. The number of methoxy groups -OCH3 is 1. The van der Waals surface area contributed by atoms with E-state index in [4.69, 9.17) is 16.3 Å². The second-order valence-corrected chi connectivity index (χ2v) is 6.15. The van der Waals surface area contributed by atoms with Crippen molar-refractivity contribution >= 4 is 33.4 Å². The number of aryl methyl sites for hydroxylation is 1. The first-order valence-corrected chi connectivity index (χ1v) is 8.13. The molecule has 1 amide bonds. The van der Waals surface area contributed by atoms with Crippen molar-refractivity contribution in [3.05, 3.63) is 63.1 Å². The van der Waals surface area contributed by atoms with Crippen LogP contribution in [0.3, 0.4) is 0 Å². The summed E-state index contributed by atoms with van der Waals surface area (Å²) >= 11 is 9.37. The van der Waals surface area contributed by atoms with E-state index in [1.54, 1.807) is 19.2 Å². The van der Waals surface area contributed by atoms with Gasteiger partial charge in [0.25, 0.3) is 5.91 Å². The molecule has 0 radical (unpaired) electrons. The van der Waals surface area contributed by atoms with Crippen LogP contribution in [0.4, 0.5) is 0 Å². The Labute approximate surface area is 143 Å². The van der Waals surface area contributed by atoms with E-state index in [-0.39, 0.29) is 5.91 Å². The van der Waals surface area contributed by atoms with Crippen LogP contribution in [0.5, 0.6) is 5.75 Å². The minimum Gasteiger partial charge on any atom is -0.497 e. The predicted octanol–water partition coefficient (Wildman–Crippen LogP) is 4.47. The molecule has 2 aromatic carbocycles. The first-order valence-electron chi connectivity index (χ1n) is 6.96. The van der Waals surface area contributed by atoms with Gasteiger partial charge in [0.1, 0.15) is 5.75 Å². The molecule has 0 aliphatic heterocycles. The van der Waals surface area contributed by atoms with E-state index in [0.717, 1.165) is 23.1 Å². The monoisotopic (exact) mass is 381 g/mol. The van der Waals surface area contributed by atoms with Crippen LogP contribution in [0, 0.1) is 0 Å². The van der Waals surface area contributed by atoms with Gasteiger partial charge in [-0.25, -0.2) is 0 Å². The highest BCUT2D eigenvalue weighted by Crippen LogP contribution is 2.20. The highest BCUT2D eigenvalue weighted by molar-refractivity contribution is 9.10. The average molecular weight is 383 g/mol. The first kappa shape index (κ1) is 16.8. The molecule has 116 valence electrons. The highest BCUT2D eigenvalue weighted by atomic mass is 79.9. The topological polar surface area (TPSA) is 38.3 Å². The fourth-order valence-electron chi connectivity index (χ4n) is 2.05. The molecule has 2 rings (SSSR count). The van der Waals surface area contributed by atoms with Crippen LogP contribution in [-0.4, -0.2) is 19.6 Å². The fraction of sp³-hybridized carbons (Fsp3) is 0.235. The number of halogens is 2. The molecular formula is C17H17BrClNO2. The quantitative estimate of drug-likeness (QED) is 0.748. The maximum atomic E-state index is 12.1. The number of hydrogen-bond donors (Lipinski definition) is 1. The summed E-state index contributed by atoms with van der Waals surface area (Å²) in [7, 11) is 1.65. The maximum absolute atomic E-state index is 12.1. The fourth-order valence-corrected chi connectivity index (χ4v) is 2.62. The Morgan fingerprint density at radius 2 is 1.95 bits per heavy atom. The molecule has 0 aromatic heterocycles. The zero-order valence-corrected chi connectivity index (χ0v) is 14.6. The third-order valence-electron chi connectivity index (χ3n) is 3.26. The van der Waals surface area contributed by atoms with Crippen LogP contribution in [-0.2, 0) is 6.42 Å². The Kier molecular flexibility index (Phi) is 6.28. The minimum absolute atomic E-state index is 0.152. The third kappa shape index (κ3) is 4.75. The molecular weight excluding hydrogens is 366 g/mol. The summed E-state index contributed by atoms with van der Waals surface area (Å²) in [5.41, 5.74) is 1.70. The first-order chi connectivity index (χ1) is 10.6. The van der Waals surface area contributed by atoms with Crippen molar-refractivity contribution in [3.8, 4) is 5.75 Å². The van der Waals surface area contributed by atoms with Crippen LogP contribution in [0.2, 0.25) is 5.02 Å². The lowest BCUT2D eigenvalue weighted by atomic mass is 10.1. The van der Waals surface area contributed by atoms with Gasteiger partial charge in [-0.05, 0) is 48.7 Å². The molecule has 0 aliphatic rings. The molecule has 0 aliphatic carbocycles. The Morgan fingerprint density at radius 1 is 1.23 bits per heavy atom. The Hall–Kier alpha value is -1.52. The summed E-state index contributed by atoms with van der Waals surface area (Å²) in [4.78, 5) is 12.1. The van der Waals surface area contributed by atoms with Crippen LogP contribution < -0.4 is 10.1 Å². The number of amides is 1. The summed E-state index contributed by atoms with van der Waals surface area (Å²) < 4.78 is 5.96. The van der Waals surface area contributed by atoms with Gasteiger partial charge < -0.3 is 10.1 Å². The molecule has 0 atom stereocenters. The van der Waals surface area contributed by atoms with Crippen LogP contribution in [0.1, 0.15) is 22.3 Å². The Bertz CT molecular complexity index is 644. The molecule has 2 aromatic rings. The number of carbonyl (C=O) groups is 1. The third-order valence-corrected chi connectivity index (χ3v) is 4.08. The largest absolute Gasteiger partial charge is 0.497 e. The number of benzene rings is 2. The van der Waals surface area contributed by atoms with Gasteiger partial charge in [0.05, 0.1) is 17.7 Å². The number of rotatable bonds is 6. The molecule has 3 nitrogen and oxygen atoms in total. The second-order valence-electron chi connectivity index (χ2n) is 4.83. The summed E-state index contributed by atoms with van der Waals surface area (Å²) in [5, 5.41) is 3.35. The maximum Gasteiger partial charge on any atom is 0.252 e. The van der Waals surface area contributed by atoms with E-state index >= 15 is 0 Å². The van der Waals surface area contributed by atoms with Crippen molar-refractivity contribution in [3.63, 3.8) is 0 Å². The molecule has 0 unspecified atom stereocenters. The number of carbonyl (C=O) groups excluding carboxylic acids is 1. The highest BCUT2D eigenvalue weighted by Gasteiger charge is 2.10. The Balaban J connectivity index is 1.80. The lowest BCUT2D eigenvalue weighted by Gasteiger charge is -2.08. The summed E-state index contributed by atoms with van der Waals surface area (Å²) in [6.45, 7) is 0.605. The van der Waals surface area contributed by atoms with Crippen LogP contribution >= 0.6 is 27.5 Å². The van der Waals surface area contributed by atoms with Gasteiger partial charge in [0.15, 0.2) is 0 Å². The predicted molar refractivity (Wildman–Crippen MR) is 92.8 cm³/mol. The van der Waals surface area contributed by atoms with Crippen LogP contribution in [0.15, 0.2) is 46.9 Å². The normalized spacial score (nSPS) is 10.3. The van der Waals surface area contributed by atoms with Crippen molar-refractivity contribution in [2.75, 3.05) is 13.7 Å². The Morgan fingerprint density at radius 3 is 2.64 bits per heavy atom. The summed E-state index contributed by atoms with van der Waals surface area (Å²) in [5.74, 6) is 0.697. The number of ether oxygens (including phenoxy) is 1. The minimum atomic E-state index is -0.152. The summed E-state index contributed by atoms with van der Waals surface area (Å²) in [6, 6.07) is 13.2. The van der Waals surface area contributed by atoms with E-state index < -0.39 is 0 Å². The van der Waals surface area contributed by atoms with E-state index in [9.17, 15) is 4.79 Å². The lowest BCUT2D eigenvalue weighted by Crippen LogP contribution is -2.25. The van der Waals surface area contributed by atoms with E-state index in [0.29, 0.717) is 17.1 Å². The zero-order valence-electron chi connectivity index (χ0n) is 12.2. The SMILES string of the molecule is COc1ccc(CCCNC(=O)c2cc(Br)ccc2Cl)cc1. The van der Waals surface area contributed by atoms with Crippen molar-refractivity contribution in [2.45, 2.75) is 12.8 Å².